The van der Waals surface area contributed by atoms with E-state index >= 15 is 0 Å². The van der Waals surface area contributed by atoms with Gasteiger partial charge in [0, 0.05) is 32.4 Å². The van der Waals surface area contributed by atoms with E-state index in [-0.39, 0.29) is 54.4 Å². The highest BCUT2D eigenvalue weighted by molar-refractivity contribution is 6.18. The van der Waals surface area contributed by atoms with Crippen molar-refractivity contribution < 1.29 is 33.7 Å². The second-order valence-corrected chi connectivity index (χ2v) is 11.8. The van der Waals surface area contributed by atoms with Gasteiger partial charge in [0.15, 0.2) is 0 Å². The zero-order valence-corrected chi connectivity index (χ0v) is 26.1. The molecule has 41 heavy (non-hydrogen) atoms. The Morgan fingerprint density at radius 3 is 2.56 bits per heavy atom. The van der Waals surface area contributed by atoms with Gasteiger partial charge in [-0.25, -0.2) is 0 Å². The van der Waals surface area contributed by atoms with Crippen LogP contribution in [-0.4, -0.2) is 77.5 Å². The normalized spacial score (nSPS) is 31.7. The molecule has 8 atom stereocenters. The molecule has 0 radical (unpaired) electrons. The topological polar surface area (TPSA) is 123 Å². The molecule has 2 rings (SSSR count). The molecule has 0 aromatic heterocycles. The van der Waals surface area contributed by atoms with Crippen molar-refractivity contribution >= 4 is 29.4 Å². The summed E-state index contributed by atoms with van der Waals surface area (Å²) in [5.74, 6) is -0.408. The molecule has 2 heterocycles. The van der Waals surface area contributed by atoms with Crippen molar-refractivity contribution in [2.24, 2.45) is 5.92 Å². The highest BCUT2D eigenvalue weighted by Crippen LogP contribution is 2.32. The fourth-order valence-corrected chi connectivity index (χ4v) is 5.43. The van der Waals surface area contributed by atoms with E-state index in [1.165, 1.54) is 13.0 Å². The average Bonchev–Trinajstić information content (AvgIpc) is 2.90. The summed E-state index contributed by atoms with van der Waals surface area (Å²) in [7, 11) is 0. The lowest BCUT2D eigenvalue weighted by Gasteiger charge is -2.39. The summed E-state index contributed by atoms with van der Waals surface area (Å²) < 4.78 is 17.4. The first kappa shape index (κ1) is 35.0. The lowest BCUT2D eigenvalue weighted by Crippen LogP contribution is -2.50. The van der Waals surface area contributed by atoms with Crippen LogP contribution in [0, 0.1) is 5.92 Å². The minimum absolute atomic E-state index is 0.0133. The predicted molar refractivity (Wildman–Crippen MR) is 159 cm³/mol. The van der Waals surface area contributed by atoms with Crippen molar-refractivity contribution in [2.75, 3.05) is 12.4 Å². The van der Waals surface area contributed by atoms with Gasteiger partial charge in [0.05, 0.1) is 48.4 Å². The van der Waals surface area contributed by atoms with E-state index in [1.54, 1.807) is 13.0 Å². The highest BCUT2D eigenvalue weighted by atomic mass is 35.5. The third kappa shape index (κ3) is 12.7. The Hall–Kier alpha value is -2.20. The fraction of sp³-hybridized carbons (Fsp3) is 0.710. The summed E-state index contributed by atoms with van der Waals surface area (Å²) in [5, 5.41) is 16.8. The molecule has 2 fully saturated rings. The predicted octanol–water partition coefficient (Wildman–Crippen LogP) is 4.12. The Kier molecular flexibility index (Phi) is 14.6. The molecule has 0 spiro atoms. The largest absolute Gasteiger partial charge is 0.459 e. The van der Waals surface area contributed by atoms with Gasteiger partial charge >= 0.3 is 5.97 Å². The third-order valence-electron chi connectivity index (χ3n) is 7.45. The Morgan fingerprint density at radius 2 is 1.90 bits per heavy atom. The van der Waals surface area contributed by atoms with Crippen LogP contribution < -0.4 is 10.6 Å². The van der Waals surface area contributed by atoms with Crippen LogP contribution in [0.3, 0.4) is 0 Å². The Balaban J connectivity index is 1.89. The van der Waals surface area contributed by atoms with Crippen molar-refractivity contribution in [1.29, 1.82) is 0 Å². The number of rotatable bonds is 13. The number of allylic oxidation sites excluding steroid dienone is 2. The van der Waals surface area contributed by atoms with E-state index in [1.807, 2.05) is 32.9 Å². The standard InChI is InChI=1S/C31H49ClN2O7/c1-7-14-33-30(37)16-26-18-31(38,19-32)17-25(41-26)11-8-20(2)9-12-28-21(3)15-27(23(5)40-28)34-29(36)13-10-22(4)39-24(6)35/h8-11,13,21-23,25-28,38H,7,12,14-19H2,1-6H3,(H,33,37)(H,34,36)/b11-8+,13-10-,20-9+/t21-,22-,23+,25+,26+,27+,28-,31-/m0/s1. The quantitative estimate of drug-likeness (QED) is 0.126. The smallest absolute Gasteiger partial charge is 0.303 e. The van der Waals surface area contributed by atoms with Crippen LogP contribution in [0.4, 0.5) is 0 Å². The maximum Gasteiger partial charge on any atom is 0.303 e. The van der Waals surface area contributed by atoms with Gasteiger partial charge in [-0.3, -0.25) is 14.4 Å². The van der Waals surface area contributed by atoms with Gasteiger partial charge in [0.25, 0.3) is 0 Å². The maximum absolute atomic E-state index is 12.4. The molecule has 2 aliphatic rings. The van der Waals surface area contributed by atoms with Gasteiger partial charge in [0.2, 0.25) is 11.8 Å². The number of alkyl halides is 1. The summed E-state index contributed by atoms with van der Waals surface area (Å²) in [6, 6.07) is -0.117. The Morgan fingerprint density at radius 1 is 1.17 bits per heavy atom. The van der Waals surface area contributed by atoms with Gasteiger partial charge in [-0.15, -0.1) is 11.6 Å². The first-order chi connectivity index (χ1) is 19.3. The monoisotopic (exact) mass is 596 g/mol. The molecule has 0 bridgehead atoms. The number of hydrogen-bond donors (Lipinski definition) is 3. The molecule has 0 saturated carbocycles. The highest BCUT2D eigenvalue weighted by Gasteiger charge is 2.39. The molecule has 232 valence electrons. The van der Waals surface area contributed by atoms with Crippen LogP contribution >= 0.6 is 11.6 Å². The summed E-state index contributed by atoms with van der Waals surface area (Å²) in [5.41, 5.74) is -0.0388. The third-order valence-corrected chi connectivity index (χ3v) is 7.95. The van der Waals surface area contributed by atoms with Crippen LogP contribution in [0.25, 0.3) is 0 Å². The zero-order valence-electron chi connectivity index (χ0n) is 25.4. The van der Waals surface area contributed by atoms with Gasteiger partial charge in [0.1, 0.15) is 6.10 Å². The molecule has 0 aromatic carbocycles. The van der Waals surface area contributed by atoms with Crippen LogP contribution in [0.2, 0.25) is 0 Å². The van der Waals surface area contributed by atoms with E-state index in [0.29, 0.717) is 19.4 Å². The van der Waals surface area contributed by atoms with E-state index in [2.05, 4.69) is 23.6 Å². The number of hydrogen-bond acceptors (Lipinski definition) is 7. The number of aliphatic hydroxyl groups is 1. The Bertz CT molecular complexity index is 968. The van der Waals surface area contributed by atoms with Gasteiger partial charge in [-0.2, -0.15) is 0 Å². The average molecular weight is 597 g/mol. The molecular formula is C31H49ClN2O7. The molecular weight excluding hydrogens is 548 g/mol. The second-order valence-electron chi connectivity index (χ2n) is 11.5. The Labute approximate surface area is 250 Å². The molecule has 10 heteroatoms. The van der Waals surface area contributed by atoms with E-state index < -0.39 is 23.8 Å². The first-order valence-corrected chi connectivity index (χ1v) is 15.2. The second kappa shape index (κ2) is 17.0. The molecule has 0 aliphatic carbocycles. The first-order valence-electron chi connectivity index (χ1n) is 14.7. The number of carbonyl (C=O) groups is 3. The summed E-state index contributed by atoms with van der Waals surface area (Å²) >= 11 is 6.08. The van der Waals surface area contributed by atoms with Gasteiger partial charge in [-0.05, 0) is 52.0 Å². The fourth-order valence-electron chi connectivity index (χ4n) is 5.21. The summed E-state index contributed by atoms with van der Waals surface area (Å²) in [6.45, 7) is 11.7. The van der Waals surface area contributed by atoms with Gasteiger partial charge < -0.3 is 30.0 Å². The maximum atomic E-state index is 12.4. The molecule has 0 aromatic rings. The summed E-state index contributed by atoms with van der Waals surface area (Å²) in [4.78, 5) is 35.6. The van der Waals surface area contributed by atoms with E-state index in [4.69, 9.17) is 25.8 Å². The number of carbonyl (C=O) groups excluding carboxylic acids is 3. The number of ether oxygens (including phenoxy) is 3. The lowest BCUT2D eigenvalue weighted by molar-refractivity contribution is -0.143. The van der Waals surface area contributed by atoms with Crippen LogP contribution in [0.15, 0.2) is 36.0 Å². The van der Waals surface area contributed by atoms with Crippen molar-refractivity contribution in [3.05, 3.63) is 36.0 Å². The molecule has 2 saturated heterocycles. The van der Waals surface area contributed by atoms with E-state index in [0.717, 1.165) is 24.8 Å². The lowest BCUT2D eigenvalue weighted by atomic mass is 9.87. The number of nitrogens with one attached hydrogen (secondary N) is 2. The van der Waals surface area contributed by atoms with Crippen molar-refractivity contribution in [3.8, 4) is 0 Å². The molecule has 9 nitrogen and oxygen atoms in total. The van der Waals surface area contributed by atoms with Crippen molar-refractivity contribution in [3.63, 3.8) is 0 Å². The number of esters is 1. The molecule has 0 unspecified atom stereocenters. The van der Waals surface area contributed by atoms with Crippen LogP contribution in [-0.2, 0) is 28.6 Å². The molecule has 3 N–H and O–H groups in total. The van der Waals surface area contributed by atoms with Crippen molar-refractivity contribution in [2.45, 2.75) is 122 Å². The minimum atomic E-state index is -1.08. The molecule has 2 aliphatic heterocycles. The van der Waals surface area contributed by atoms with Crippen LogP contribution in [0.5, 0.6) is 0 Å². The summed E-state index contributed by atoms with van der Waals surface area (Å²) in [6.07, 6.45) is 10.9. The van der Waals surface area contributed by atoms with Gasteiger partial charge in [-0.1, -0.05) is 37.6 Å². The van der Waals surface area contributed by atoms with E-state index in [9.17, 15) is 19.5 Å². The molecule has 2 amide bonds. The van der Waals surface area contributed by atoms with Crippen LogP contribution in [0.1, 0.15) is 80.1 Å². The number of amides is 2. The SMILES string of the molecule is CCCNC(=O)C[C@@H]1C[C@](O)(CCl)C[C@@H](/C=C/C(C)=C/C[C@@H]2O[C@H](C)[C@H](NC(=O)/C=C\[C@H](C)OC(C)=O)C[C@@H]2C)O1. The zero-order chi connectivity index (χ0) is 30.6. The minimum Gasteiger partial charge on any atom is -0.459 e. The number of halogens is 1. The van der Waals surface area contributed by atoms with Crippen molar-refractivity contribution in [1.82, 2.24) is 10.6 Å².